The van der Waals surface area contributed by atoms with E-state index in [2.05, 4.69) is 4.99 Å². The van der Waals surface area contributed by atoms with Crippen molar-refractivity contribution in [2.24, 2.45) is 4.99 Å². The summed E-state index contributed by atoms with van der Waals surface area (Å²) in [6, 6.07) is 6.61. The fraction of sp³-hybridized carbons (Fsp3) is 0.333. The fourth-order valence-electron chi connectivity index (χ4n) is 1.19. The first-order valence-corrected chi connectivity index (χ1v) is 6.42. The average Bonchev–Trinajstić information content (AvgIpc) is 2.31. The van der Waals surface area contributed by atoms with E-state index in [1.165, 1.54) is 0 Å². The molecule has 0 radical (unpaired) electrons. The number of thioether (sulfide) groups is 1. The molecule has 0 saturated carbocycles. The summed E-state index contributed by atoms with van der Waals surface area (Å²) >= 11 is 1.69. The molecule has 0 saturated heterocycles. The second-order valence-corrected chi connectivity index (χ2v) is 4.31. The van der Waals surface area contributed by atoms with Crippen molar-refractivity contribution in [1.29, 1.82) is 0 Å². The molecule has 0 amide bonds. The van der Waals surface area contributed by atoms with Crippen molar-refractivity contribution in [2.75, 3.05) is 12.0 Å². The van der Waals surface area contributed by atoms with Gasteiger partial charge in [-0.3, -0.25) is 4.99 Å². The highest BCUT2D eigenvalue weighted by atomic mass is 32.2. The molecule has 86 valence electrons. The summed E-state index contributed by atoms with van der Waals surface area (Å²) in [5.41, 5.74) is 0.638. The van der Waals surface area contributed by atoms with Gasteiger partial charge in [-0.2, -0.15) is 11.8 Å². The molecular formula is C12H15NO2S. The van der Waals surface area contributed by atoms with E-state index in [0.717, 1.165) is 18.5 Å². The molecule has 1 aromatic rings. The number of carbonyl (C=O) groups excluding carboxylic acids is 1. The van der Waals surface area contributed by atoms with Crippen LogP contribution >= 0.6 is 11.8 Å². The van der Waals surface area contributed by atoms with Gasteiger partial charge >= 0.3 is 0 Å². The molecule has 1 aromatic carbocycles. The molecule has 0 aliphatic rings. The summed E-state index contributed by atoms with van der Waals surface area (Å²) in [5.74, 6) is 1.09. The SMILES string of the molecule is CSCCC(C=O)N=Cc1ccccc1O. The number of phenolic OH excluding ortho intramolecular Hbond substituents is 1. The Bertz CT molecular complexity index is 366. The number of para-hydroxylation sites is 1. The maximum absolute atomic E-state index is 10.7. The fourth-order valence-corrected chi connectivity index (χ4v) is 1.67. The number of carbonyl (C=O) groups is 1. The smallest absolute Gasteiger partial charge is 0.144 e. The Morgan fingerprint density at radius 3 is 2.88 bits per heavy atom. The number of aromatic hydroxyl groups is 1. The summed E-state index contributed by atoms with van der Waals surface area (Å²) < 4.78 is 0. The molecule has 0 spiro atoms. The van der Waals surface area contributed by atoms with Gasteiger partial charge in [0, 0.05) is 11.8 Å². The van der Waals surface area contributed by atoms with Crippen molar-refractivity contribution in [2.45, 2.75) is 12.5 Å². The molecule has 4 heteroatoms. The van der Waals surface area contributed by atoms with Gasteiger partial charge in [0.05, 0.1) is 0 Å². The normalized spacial score (nSPS) is 12.8. The van der Waals surface area contributed by atoms with Crippen molar-refractivity contribution in [3.8, 4) is 5.75 Å². The average molecular weight is 237 g/mol. The van der Waals surface area contributed by atoms with E-state index in [9.17, 15) is 9.90 Å². The van der Waals surface area contributed by atoms with Gasteiger partial charge in [-0.25, -0.2) is 0 Å². The van der Waals surface area contributed by atoms with Crippen molar-refractivity contribution < 1.29 is 9.90 Å². The van der Waals surface area contributed by atoms with Crippen LogP contribution in [-0.2, 0) is 4.79 Å². The second kappa shape index (κ2) is 7.06. The second-order valence-electron chi connectivity index (χ2n) is 3.32. The van der Waals surface area contributed by atoms with Crippen LogP contribution in [0.1, 0.15) is 12.0 Å². The van der Waals surface area contributed by atoms with Crippen LogP contribution in [0.15, 0.2) is 29.3 Å². The summed E-state index contributed by atoms with van der Waals surface area (Å²) in [6.07, 6.45) is 5.12. The maximum atomic E-state index is 10.7. The van der Waals surface area contributed by atoms with E-state index in [0.29, 0.717) is 5.56 Å². The molecule has 0 aromatic heterocycles. The highest BCUT2D eigenvalue weighted by Gasteiger charge is 2.03. The lowest BCUT2D eigenvalue weighted by atomic mass is 10.2. The lowest BCUT2D eigenvalue weighted by molar-refractivity contribution is -0.108. The molecule has 1 unspecified atom stereocenters. The highest BCUT2D eigenvalue weighted by Crippen LogP contribution is 2.13. The number of hydrogen-bond donors (Lipinski definition) is 1. The highest BCUT2D eigenvalue weighted by molar-refractivity contribution is 7.98. The monoisotopic (exact) mass is 237 g/mol. The van der Waals surface area contributed by atoms with Crippen LogP contribution in [0.25, 0.3) is 0 Å². The van der Waals surface area contributed by atoms with Gasteiger partial charge in [-0.1, -0.05) is 12.1 Å². The first-order chi connectivity index (χ1) is 7.77. The minimum Gasteiger partial charge on any atom is -0.507 e. The molecule has 16 heavy (non-hydrogen) atoms. The Morgan fingerprint density at radius 2 is 2.25 bits per heavy atom. The van der Waals surface area contributed by atoms with Gasteiger partial charge in [-0.05, 0) is 30.6 Å². The minimum atomic E-state index is -0.313. The van der Waals surface area contributed by atoms with Crippen molar-refractivity contribution in [1.82, 2.24) is 0 Å². The summed E-state index contributed by atoms with van der Waals surface area (Å²) in [6.45, 7) is 0. The molecule has 0 fully saturated rings. The summed E-state index contributed by atoms with van der Waals surface area (Å²) in [4.78, 5) is 14.9. The summed E-state index contributed by atoms with van der Waals surface area (Å²) in [5, 5.41) is 9.49. The first-order valence-electron chi connectivity index (χ1n) is 5.03. The molecule has 0 aliphatic carbocycles. The lowest BCUT2D eigenvalue weighted by Crippen LogP contribution is -2.07. The third kappa shape index (κ3) is 4.06. The van der Waals surface area contributed by atoms with Crippen LogP contribution in [0.4, 0.5) is 0 Å². The van der Waals surface area contributed by atoms with Crippen LogP contribution in [0.3, 0.4) is 0 Å². The number of hydrogen-bond acceptors (Lipinski definition) is 4. The Labute approximate surface area is 99.6 Å². The molecule has 1 rings (SSSR count). The Kier molecular flexibility index (Phi) is 5.64. The third-order valence-electron chi connectivity index (χ3n) is 2.12. The predicted molar refractivity (Wildman–Crippen MR) is 68.6 cm³/mol. The standard InChI is InChI=1S/C12H15NO2S/c1-16-7-6-11(9-14)13-8-10-4-2-3-5-12(10)15/h2-5,8-9,11,15H,6-7H2,1H3. The Morgan fingerprint density at radius 1 is 1.50 bits per heavy atom. The van der Waals surface area contributed by atoms with Crippen LogP contribution in [0.5, 0.6) is 5.75 Å². The molecule has 0 bridgehead atoms. The van der Waals surface area contributed by atoms with Crippen molar-refractivity contribution in [3.05, 3.63) is 29.8 Å². The largest absolute Gasteiger partial charge is 0.507 e. The van der Waals surface area contributed by atoms with E-state index in [-0.39, 0.29) is 11.8 Å². The van der Waals surface area contributed by atoms with Gasteiger partial charge in [0.25, 0.3) is 0 Å². The molecule has 3 nitrogen and oxygen atoms in total. The van der Waals surface area contributed by atoms with Crippen LogP contribution in [-0.4, -0.2) is 35.7 Å². The van der Waals surface area contributed by atoms with E-state index in [4.69, 9.17) is 0 Å². The van der Waals surface area contributed by atoms with Gasteiger partial charge in [0.15, 0.2) is 0 Å². The molecule has 0 heterocycles. The predicted octanol–water partition coefficient (Wildman–Crippen LogP) is 2.13. The van der Waals surface area contributed by atoms with Crippen molar-refractivity contribution >= 4 is 24.3 Å². The topological polar surface area (TPSA) is 49.7 Å². The Balaban J connectivity index is 2.64. The van der Waals surface area contributed by atoms with Crippen molar-refractivity contribution in [3.63, 3.8) is 0 Å². The minimum absolute atomic E-state index is 0.181. The number of aliphatic imine (C=N–C) groups is 1. The lowest BCUT2D eigenvalue weighted by Gasteiger charge is -2.03. The zero-order chi connectivity index (χ0) is 11.8. The van der Waals surface area contributed by atoms with Gasteiger partial charge in [0.1, 0.15) is 18.1 Å². The Hall–Kier alpha value is -1.29. The number of benzene rings is 1. The number of nitrogens with zero attached hydrogens (tertiary/aromatic N) is 1. The maximum Gasteiger partial charge on any atom is 0.144 e. The van der Waals surface area contributed by atoms with Crippen LogP contribution in [0.2, 0.25) is 0 Å². The van der Waals surface area contributed by atoms with E-state index < -0.39 is 0 Å². The molecule has 0 aliphatic heterocycles. The van der Waals surface area contributed by atoms with E-state index in [1.54, 1.807) is 36.2 Å². The van der Waals surface area contributed by atoms with Crippen LogP contribution in [0, 0.1) is 0 Å². The molecule has 1 N–H and O–H groups in total. The zero-order valence-corrected chi connectivity index (χ0v) is 9.98. The number of rotatable bonds is 6. The molecule has 1 atom stereocenters. The number of aldehydes is 1. The number of phenols is 1. The van der Waals surface area contributed by atoms with Gasteiger partial charge in [-0.15, -0.1) is 0 Å². The summed E-state index contributed by atoms with van der Waals surface area (Å²) in [7, 11) is 0. The zero-order valence-electron chi connectivity index (χ0n) is 9.17. The quantitative estimate of drug-likeness (QED) is 0.609. The molecular weight excluding hydrogens is 222 g/mol. The van der Waals surface area contributed by atoms with E-state index in [1.807, 2.05) is 12.3 Å². The third-order valence-corrected chi connectivity index (χ3v) is 2.76. The van der Waals surface area contributed by atoms with Gasteiger partial charge in [0.2, 0.25) is 0 Å². The first kappa shape index (κ1) is 12.8. The van der Waals surface area contributed by atoms with Crippen LogP contribution < -0.4 is 0 Å². The van der Waals surface area contributed by atoms with E-state index >= 15 is 0 Å². The van der Waals surface area contributed by atoms with Gasteiger partial charge < -0.3 is 9.90 Å².